The molecular weight excluding hydrogens is 325 g/mol. The largest absolute Gasteiger partial charge is 0.484 e. The molecule has 0 unspecified atom stereocenters. The van der Waals surface area contributed by atoms with Crippen molar-refractivity contribution in [3.63, 3.8) is 0 Å². The number of methoxy groups -OCH3 is 1. The number of esters is 1. The van der Waals surface area contributed by atoms with Gasteiger partial charge in [0, 0.05) is 5.02 Å². The van der Waals surface area contributed by atoms with Crippen LogP contribution in [0.3, 0.4) is 0 Å². The minimum Gasteiger partial charge on any atom is -0.484 e. The van der Waals surface area contributed by atoms with Crippen molar-refractivity contribution < 1.29 is 23.5 Å². The van der Waals surface area contributed by atoms with Crippen LogP contribution in [0.2, 0.25) is 5.02 Å². The minimum absolute atomic E-state index is 0.0330. The smallest absolute Gasteiger partial charge is 0.337 e. The molecule has 1 N–H and O–H groups in total. The molecule has 0 saturated heterocycles. The number of anilines is 1. The van der Waals surface area contributed by atoms with Crippen LogP contribution in [0, 0.1) is 5.82 Å². The lowest BCUT2D eigenvalue weighted by Crippen LogP contribution is -2.20. The van der Waals surface area contributed by atoms with E-state index in [-0.39, 0.29) is 12.3 Å². The second kappa shape index (κ2) is 7.60. The van der Waals surface area contributed by atoms with E-state index in [2.05, 4.69) is 10.1 Å². The van der Waals surface area contributed by atoms with Crippen molar-refractivity contribution in [1.82, 2.24) is 0 Å². The van der Waals surface area contributed by atoms with E-state index in [1.165, 1.54) is 25.3 Å². The van der Waals surface area contributed by atoms with Crippen molar-refractivity contribution in [2.45, 2.75) is 0 Å². The molecule has 1 amide bonds. The minimum atomic E-state index is -0.601. The Kier molecular flexibility index (Phi) is 5.54. The van der Waals surface area contributed by atoms with Gasteiger partial charge in [0.2, 0.25) is 0 Å². The summed E-state index contributed by atoms with van der Waals surface area (Å²) in [6.07, 6.45) is 0. The molecule has 2 rings (SSSR count). The highest BCUT2D eigenvalue weighted by Gasteiger charge is 2.10. The second-order valence-corrected chi connectivity index (χ2v) is 4.92. The average molecular weight is 338 g/mol. The van der Waals surface area contributed by atoms with Crippen molar-refractivity contribution in [2.24, 2.45) is 0 Å². The van der Waals surface area contributed by atoms with Crippen molar-refractivity contribution in [2.75, 3.05) is 19.0 Å². The molecule has 0 saturated carbocycles. The van der Waals surface area contributed by atoms with Gasteiger partial charge in [0.15, 0.2) is 6.61 Å². The van der Waals surface area contributed by atoms with Crippen molar-refractivity contribution >= 4 is 29.2 Å². The third-order valence-electron chi connectivity index (χ3n) is 2.83. The highest BCUT2D eigenvalue weighted by atomic mass is 35.5. The van der Waals surface area contributed by atoms with Crippen LogP contribution in [0.15, 0.2) is 42.5 Å². The van der Waals surface area contributed by atoms with Crippen molar-refractivity contribution in [3.8, 4) is 5.75 Å². The van der Waals surface area contributed by atoms with Gasteiger partial charge in [0.25, 0.3) is 5.91 Å². The zero-order chi connectivity index (χ0) is 16.8. The number of ether oxygens (including phenoxy) is 2. The van der Waals surface area contributed by atoms with E-state index in [1.54, 1.807) is 18.2 Å². The lowest BCUT2D eigenvalue weighted by molar-refractivity contribution is -0.118. The number of hydrogen-bond donors (Lipinski definition) is 1. The van der Waals surface area contributed by atoms with Gasteiger partial charge in [-0.3, -0.25) is 4.79 Å². The van der Waals surface area contributed by atoms with Crippen LogP contribution in [-0.4, -0.2) is 25.6 Å². The maximum atomic E-state index is 13.5. The van der Waals surface area contributed by atoms with Crippen LogP contribution in [0.1, 0.15) is 10.4 Å². The van der Waals surface area contributed by atoms with Crippen LogP contribution >= 0.6 is 11.6 Å². The number of carbonyl (C=O) groups is 2. The Balaban J connectivity index is 1.97. The van der Waals surface area contributed by atoms with Crippen LogP contribution in [0.25, 0.3) is 0 Å². The number of halogens is 2. The Labute approximate surface area is 137 Å². The summed E-state index contributed by atoms with van der Waals surface area (Å²) < 4.78 is 23.4. The van der Waals surface area contributed by atoms with Crippen LogP contribution in [0.5, 0.6) is 5.75 Å². The standard InChI is InChI=1S/C16H13ClFNO4/c1-22-16(21)10-3-2-4-12(7-10)23-9-15(20)19-14-8-11(17)5-6-13(14)18/h2-8H,9H2,1H3,(H,19,20). The fourth-order valence-corrected chi connectivity index (χ4v) is 1.93. The van der Waals surface area contributed by atoms with Gasteiger partial charge >= 0.3 is 5.97 Å². The van der Waals surface area contributed by atoms with Gasteiger partial charge in [0.05, 0.1) is 18.4 Å². The maximum Gasteiger partial charge on any atom is 0.337 e. The molecule has 7 heteroatoms. The molecule has 0 aliphatic carbocycles. The first-order valence-electron chi connectivity index (χ1n) is 6.55. The molecule has 0 radical (unpaired) electrons. The summed E-state index contributed by atoms with van der Waals surface area (Å²) in [5.74, 6) is -1.36. The first-order chi connectivity index (χ1) is 11.0. The Morgan fingerprint density at radius 2 is 2.00 bits per heavy atom. The predicted octanol–water partition coefficient (Wildman–Crippen LogP) is 3.28. The van der Waals surface area contributed by atoms with Gasteiger partial charge in [0.1, 0.15) is 11.6 Å². The molecule has 0 aliphatic heterocycles. The van der Waals surface area contributed by atoms with Gasteiger partial charge in [-0.05, 0) is 36.4 Å². The highest BCUT2D eigenvalue weighted by molar-refractivity contribution is 6.30. The van der Waals surface area contributed by atoms with E-state index in [0.717, 1.165) is 6.07 Å². The third-order valence-corrected chi connectivity index (χ3v) is 3.06. The summed E-state index contributed by atoms with van der Waals surface area (Å²) in [6.45, 7) is -0.351. The van der Waals surface area contributed by atoms with Crippen LogP contribution in [0.4, 0.5) is 10.1 Å². The van der Waals surface area contributed by atoms with Crippen LogP contribution < -0.4 is 10.1 Å². The molecule has 0 fully saturated rings. The van der Waals surface area contributed by atoms with E-state index in [4.69, 9.17) is 16.3 Å². The molecule has 0 heterocycles. The normalized spacial score (nSPS) is 10.0. The molecule has 0 spiro atoms. The fraction of sp³-hybridized carbons (Fsp3) is 0.125. The molecule has 120 valence electrons. The Hall–Kier alpha value is -2.60. The Bertz CT molecular complexity index is 736. The summed E-state index contributed by atoms with van der Waals surface area (Å²) >= 11 is 5.74. The first kappa shape index (κ1) is 16.8. The summed E-state index contributed by atoms with van der Waals surface area (Å²) in [5, 5.41) is 2.65. The second-order valence-electron chi connectivity index (χ2n) is 4.48. The Morgan fingerprint density at radius 3 is 2.74 bits per heavy atom. The van der Waals surface area contributed by atoms with E-state index < -0.39 is 17.7 Å². The Morgan fingerprint density at radius 1 is 1.22 bits per heavy atom. The summed E-state index contributed by atoms with van der Waals surface area (Å²) in [6, 6.07) is 10.0. The highest BCUT2D eigenvalue weighted by Crippen LogP contribution is 2.19. The van der Waals surface area contributed by atoms with E-state index >= 15 is 0 Å². The topological polar surface area (TPSA) is 64.6 Å². The molecule has 0 aromatic heterocycles. The molecule has 23 heavy (non-hydrogen) atoms. The lowest BCUT2D eigenvalue weighted by Gasteiger charge is -2.09. The molecule has 5 nitrogen and oxygen atoms in total. The van der Waals surface area contributed by atoms with E-state index in [9.17, 15) is 14.0 Å². The van der Waals surface area contributed by atoms with E-state index in [1.807, 2.05) is 0 Å². The average Bonchev–Trinajstić information content (AvgIpc) is 2.56. The molecule has 0 bridgehead atoms. The summed E-state index contributed by atoms with van der Waals surface area (Å²) in [7, 11) is 1.27. The third kappa shape index (κ3) is 4.69. The molecule has 2 aromatic rings. The predicted molar refractivity (Wildman–Crippen MR) is 83.3 cm³/mol. The maximum absolute atomic E-state index is 13.5. The number of carbonyl (C=O) groups excluding carboxylic acids is 2. The first-order valence-corrected chi connectivity index (χ1v) is 6.93. The number of nitrogens with one attached hydrogen (secondary N) is 1. The monoisotopic (exact) mass is 337 g/mol. The quantitative estimate of drug-likeness (QED) is 0.850. The molecular formula is C16H13ClFNO4. The van der Waals surface area contributed by atoms with Gasteiger partial charge in [-0.1, -0.05) is 17.7 Å². The van der Waals surface area contributed by atoms with E-state index in [0.29, 0.717) is 16.3 Å². The number of amides is 1. The SMILES string of the molecule is COC(=O)c1cccc(OCC(=O)Nc2cc(Cl)ccc2F)c1. The zero-order valence-corrected chi connectivity index (χ0v) is 12.9. The van der Waals surface area contributed by atoms with Crippen molar-refractivity contribution in [3.05, 3.63) is 58.9 Å². The number of benzene rings is 2. The van der Waals surface area contributed by atoms with Crippen LogP contribution in [-0.2, 0) is 9.53 Å². The molecule has 0 aliphatic rings. The lowest BCUT2D eigenvalue weighted by atomic mass is 10.2. The zero-order valence-electron chi connectivity index (χ0n) is 12.1. The fourth-order valence-electron chi connectivity index (χ4n) is 1.76. The number of hydrogen-bond acceptors (Lipinski definition) is 4. The molecule has 0 atom stereocenters. The van der Waals surface area contributed by atoms with Gasteiger partial charge in [-0.25, -0.2) is 9.18 Å². The van der Waals surface area contributed by atoms with Gasteiger partial charge < -0.3 is 14.8 Å². The van der Waals surface area contributed by atoms with Gasteiger partial charge in [-0.2, -0.15) is 0 Å². The van der Waals surface area contributed by atoms with Gasteiger partial charge in [-0.15, -0.1) is 0 Å². The van der Waals surface area contributed by atoms with Crippen molar-refractivity contribution in [1.29, 1.82) is 0 Å². The number of rotatable bonds is 5. The molecule has 2 aromatic carbocycles. The summed E-state index contributed by atoms with van der Waals surface area (Å²) in [5.41, 5.74) is 0.265. The summed E-state index contributed by atoms with van der Waals surface area (Å²) in [4.78, 5) is 23.2.